The molecule has 0 saturated heterocycles. The van der Waals surface area contributed by atoms with Gasteiger partial charge in [0.25, 0.3) is 0 Å². The molecule has 0 bridgehead atoms. The summed E-state index contributed by atoms with van der Waals surface area (Å²) in [5.74, 6) is 0.768. The second-order valence-electron chi connectivity index (χ2n) is 7.79. The van der Waals surface area contributed by atoms with Gasteiger partial charge in [0.05, 0.1) is 0 Å². The second-order valence-corrected chi connectivity index (χ2v) is 7.79. The first-order valence-corrected chi connectivity index (χ1v) is 9.04. The molecule has 0 unspecified atom stereocenters. The largest absolute Gasteiger partial charge is 0.203 e. The maximum Gasteiger partial charge on any atom is 0.162 e. The molecule has 1 aromatic carbocycles. The van der Waals surface area contributed by atoms with Crippen LogP contribution in [0.25, 0.3) is 0 Å². The lowest BCUT2D eigenvalue weighted by molar-refractivity contribution is 0.330. The van der Waals surface area contributed by atoms with Crippen molar-refractivity contribution in [2.45, 2.75) is 77.0 Å². The summed E-state index contributed by atoms with van der Waals surface area (Å²) in [6, 6.07) is 3.76. The molecule has 2 saturated carbocycles. The molecule has 1 aromatic rings. The Hall–Kier alpha value is -0.920. The van der Waals surface area contributed by atoms with E-state index in [-0.39, 0.29) is 11.8 Å². The number of rotatable bonds is 2. The van der Waals surface area contributed by atoms with Gasteiger partial charge in [0.1, 0.15) is 0 Å². The van der Waals surface area contributed by atoms with Gasteiger partial charge in [-0.2, -0.15) is 0 Å². The van der Waals surface area contributed by atoms with Crippen LogP contribution in [-0.2, 0) is 0 Å². The maximum absolute atomic E-state index is 14.6. The zero-order valence-electron chi connectivity index (χ0n) is 13.9. The first kappa shape index (κ1) is 16.0. The van der Waals surface area contributed by atoms with Crippen LogP contribution in [-0.4, -0.2) is 0 Å². The van der Waals surface area contributed by atoms with Crippen molar-refractivity contribution in [2.24, 2.45) is 11.8 Å². The zero-order chi connectivity index (χ0) is 15.7. The molecule has 0 atom stereocenters. The van der Waals surface area contributed by atoms with Gasteiger partial charge >= 0.3 is 0 Å². The predicted octanol–water partition coefficient (Wildman–Crippen LogP) is 6.55. The Morgan fingerprint density at radius 2 is 0.955 bits per heavy atom. The van der Waals surface area contributed by atoms with Crippen molar-refractivity contribution in [2.75, 3.05) is 0 Å². The monoisotopic (exact) mass is 306 g/mol. The van der Waals surface area contributed by atoms with Gasteiger partial charge in [0, 0.05) is 0 Å². The van der Waals surface area contributed by atoms with Crippen LogP contribution in [0.1, 0.15) is 88.2 Å². The molecule has 2 aliphatic rings. The van der Waals surface area contributed by atoms with Gasteiger partial charge < -0.3 is 0 Å². The first-order chi connectivity index (χ1) is 10.6. The minimum atomic E-state index is -0.560. The molecule has 2 heteroatoms. The predicted molar refractivity (Wildman–Crippen MR) is 87.1 cm³/mol. The molecule has 0 N–H and O–H groups in total. The quantitative estimate of drug-likeness (QED) is 0.581. The molecule has 0 spiro atoms. The third-order valence-corrected chi connectivity index (χ3v) is 6.05. The van der Waals surface area contributed by atoms with Gasteiger partial charge in [-0.05, 0) is 60.5 Å². The third kappa shape index (κ3) is 3.21. The number of benzene rings is 1. The van der Waals surface area contributed by atoms with E-state index in [9.17, 15) is 8.78 Å². The van der Waals surface area contributed by atoms with Crippen molar-refractivity contribution in [3.05, 3.63) is 34.9 Å². The molecular formula is C20H28F2. The van der Waals surface area contributed by atoms with E-state index >= 15 is 0 Å². The van der Waals surface area contributed by atoms with Gasteiger partial charge in [0.2, 0.25) is 0 Å². The smallest absolute Gasteiger partial charge is 0.162 e. The topological polar surface area (TPSA) is 0 Å². The Kier molecular flexibility index (Phi) is 4.84. The fourth-order valence-electron chi connectivity index (χ4n) is 4.35. The summed E-state index contributed by atoms with van der Waals surface area (Å²) < 4.78 is 29.2. The summed E-state index contributed by atoms with van der Waals surface area (Å²) in [5.41, 5.74) is 1.25. The Morgan fingerprint density at radius 3 is 1.27 bits per heavy atom. The third-order valence-electron chi connectivity index (χ3n) is 6.05. The molecule has 0 aliphatic heterocycles. The van der Waals surface area contributed by atoms with Crippen LogP contribution in [0.2, 0.25) is 0 Å². The van der Waals surface area contributed by atoms with Crippen LogP contribution in [0, 0.1) is 23.5 Å². The number of halogens is 2. The average Bonchev–Trinajstić information content (AvgIpc) is 2.52. The number of hydrogen-bond acceptors (Lipinski definition) is 0. The van der Waals surface area contributed by atoms with Crippen molar-refractivity contribution in [3.8, 4) is 0 Å². The summed E-state index contributed by atoms with van der Waals surface area (Å²) in [6.07, 6.45) is 8.52. The molecule has 22 heavy (non-hydrogen) atoms. The van der Waals surface area contributed by atoms with Gasteiger partial charge in [-0.1, -0.05) is 51.7 Å². The Bertz CT molecular complexity index is 460. The van der Waals surface area contributed by atoms with E-state index in [1.54, 1.807) is 0 Å². The standard InChI is InChI=1S/C20H28F2/c1-13-3-7-15(8-4-13)17-11-12-18(20(22)19(17)21)16-9-5-14(2)6-10-16/h11-16H,3-10H2,1-2H3. The van der Waals surface area contributed by atoms with Crippen LogP contribution in [0.3, 0.4) is 0 Å². The van der Waals surface area contributed by atoms with Gasteiger partial charge in [-0.15, -0.1) is 0 Å². The molecule has 3 rings (SSSR count). The van der Waals surface area contributed by atoms with E-state index < -0.39 is 11.6 Å². The molecule has 0 amide bonds. The van der Waals surface area contributed by atoms with E-state index in [0.29, 0.717) is 11.1 Å². The average molecular weight is 306 g/mol. The second kappa shape index (κ2) is 6.68. The first-order valence-electron chi connectivity index (χ1n) is 9.04. The molecule has 2 fully saturated rings. The molecule has 2 aliphatic carbocycles. The highest BCUT2D eigenvalue weighted by Gasteiger charge is 2.28. The van der Waals surface area contributed by atoms with Crippen LogP contribution in [0.5, 0.6) is 0 Å². The Balaban J connectivity index is 1.79. The highest BCUT2D eigenvalue weighted by Crippen LogP contribution is 2.41. The Morgan fingerprint density at radius 1 is 0.636 bits per heavy atom. The SMILES string of the molecule is CC1CCC(c2ccc(C3CCC(C)CC3)c(F)c2F)CC1. The highest BCUT2D eigenvalue weighted by molar-refractivity contribution is 5.31. The lowest BCUT2D eigenvalue weighted by Gasteiger charge is -2.29. The number of hydrogen-bond donors (Lipinski definition) is 0. The fraction of sp³-hybridized carbons (Fsp3) is 0.700. The highest BCUT2D eigenvalue weighted by atomic mass is 19.2. The summed E-state index contributed by atoms with van der Waals surface area (Å²) in [5, 5.41) is 0. The van der Waals surface area contributed by atoms with E-state index in [2.05, 4.69) is 13.8 Å². The summed E-state index contributed by atoms with van der Waals surface area (Å²) in [4.78, 5) is 0. The lowest BCUT2D eigenvalue weighted by atomic mass is 9.77. The van der Waals surface area contributed by atoms with E-state index in [4.69, 9.17) is 0 Å². The van der Waals surface area contributed by atoms with Crippen molar-refractivity contribution < 1.29 is 8.78 Å². The lowest BCUT2D eigenvalue weighted by Crippen LogP contribution is -2.16. The van der Waals surface area contributed by atoms with Crippen LogP contribution in [0.4, 0.5) is 8.78 Å². The van der Waals surface area contributed by atoms with Crippen LogP contribution in [0.15, 0.2) is 12.1 Å². The summed E-state index contributed by atoms with van der Waals surface area (Å²) >= 11 is 0. The Labute approximate surface area is 133 Å². The maximum atomic E-state index is 14.6. The van der Waals surface area contributed by atoms with Crippen molar-refractivity contribution >= 4 is 0 Å². The van der Waals surface area contributed by atoms with Crippen molar-refractivity contribution in [1.82, 2.24) is 0 Å². The van der Waals surface area contributed by atoms with Crippen molar-refractivity contribution in [3.63, 3.8) is 0 Å². The summed E-state index contributed by atoms with van der Waals surface area (Å²) in [6.45, 7) is 4.50. The minimum Gasteiger partial charge on any atom is -0.203 e. The zero-order valence-corrected chi connectivity index (χ0v) is 13.9. The van der Waals surface area contributed by atoms with E-state index in [1.165, 1.54) is 0 Å². The minimum absolute atomic E-state index is 0.214. The van der Waals surface area contributed by atoms with E-state index in [0.717, 1.165) is 63.2 Å². The fourth-order valence-corrected chi connectivity index (χ4v) is 4.35. The molecule has 0 nitrogen and oxygen atoms in total. The molecule has 122 valence electrons. The van der Waals surface area contributed by atoms with Gasteiger partial charge in [-0.3, -0.25) is 0 Å². The molecular weight excluding hydrogens is 278 g/mol. The van der Waals surface area contributed by atoms with Gasteiger partial charge in [-0.25, -0.2) is 8.78 Å². The van der Waals surface area contributed by atoms with Crippen molar-refractivity contribution in [1.29, 1.82) is 0 Å². The van der Waals surface area contributed by atoms with Gasteiger partial charge in [0.15, 0.2) is 11.6 Å². The van der Waals surface area contributed by atoms with Crippen LogP contribution < -0.4 is 0 Å². The molecule has 0 radical (unpaired) electrons. The summed E-state index contributed by atoms with van der Waals surface area (Å²) in [7, 11) is 0. The van der Waals surface area contributed by atoms with Crippen LogP contribution >= 0.6 is 0 Å². The molecule has 0 aromatic heterocycles. The van der Waals surface area contributed by atoms with E-state index in [1.807, 2.05) is 12.1 Å². The molecule has 0 heterocycles. The normalized spacial score (nSPS) is 32.9.